The summed E-state index contributed by atoms with van der Waals surface area (Å²) in [5, 5.41) is 40.3. The van der Waals surface area contributed by atoms with Gasteiger partial charge in [0.2, 0.25) is 0 Å². The predicted octanol–water partition coefficient (Wildman–Crippen LogP) is -0.735. The van der Waals surface area contributed by atoms with E-state index in [1.54, 1.807) is 36.6 Å². The van der Waals surface area contributed by atoms with E-state index in [1.165, 1.54) is 25.7 Å². The zero-order chi connectivity index (χ0) is 25.0. The number of carboxylic acids is 4. The predicted molar refractivity (Wildman–Crippen MR) is 111 cm³/mol. The van der Waals surface area contributed by atoms with Gasteiger partial charge in [0.1, 0.15) is 0 Å². The normalized spacial score (nSPS) is 11.2. The van der Waals surface area contributed by atoms with Crippen LogP contribution in [0.2, 0.25) is 8.87 Å². The van der Waals surface area contributed by atoms with Crippen molar-refractivity contribution in [1.82, 2.24) is 0 Å². The van der Waals surface area contributed by atoms with Gasteiger partial charge in [-0.1, -0.05) is 27.7 Å². The minimum atomic E-state index is -1.52. The van der Waals surface area contributed by atoms with Gasteiger partial charge in [-0.05, 0) is 35.1 Å². The van der Waals surface area contributed by atoms with E-state index in [1.807, 2.05) is 0 Å². The van der Waals surface area contributed by atoms with Crippen LogP contribution in [0.4, 0.5) is 0 Å². The van der Waals surface area contributed by atoms with Gasteiger partial charge in [-0.2, -0.15) is 0 Å². The average Bonchev–Trinajstić information content (AvgIpc) is 2.64. The Hall–Kier alpha value is -1.84. The van der Waals surface area contributed by atoms with Crippen molar-refractivity contribution in [3.8, 4) is 0 Å². The topological polar surface area (TPSA) is 161 Å². The molecule has 0 amide bonds. The van der Waals surface area contributed by atoms with Crippen molar-refractivity contribution in [3.63, 3.8) is 0 Å². The molecule has 31 heavy (non-hydrogen) atoms. The van der Waals surface area contributed by atoms with E-state index >= 15 is 0 Å². The second-order valence-corrected chi connectivity index (χ2v) is 11.5. The van der Waals surface area contributed by atoms with E-state index in [2.05, 4.69) is 13.8 Å². The molecule has 9 heteroatoms. The first-order valence-corrected chi connectivity index (χ1v) is 14.3. The van der Waals surface area contributed by atoms with E-state index in [4.69, 9.17) is 0 Å². The molecule has 0 rings (SSSR count). The van der Waals surface area contributed by atoms with Crippen molar-refractivity contribution in [2.24, 2.45) is 11.8 Å². The maximum atomic E-state index is 10.2. The standard InChI is InChI=1S/2C7H10O4.2C4H9.Sn/c2*1-4(2)5(7(10)11)3-6(8)9;2*1-3-4-2;/h2*3-4H,1-2H3,(H,8,9)(H,10,11);2*1,3-4H2,2H3;/q;;;;+4/p-4/b2*5-3-;;;. The number of hydrogen-bond acceptors (Lipinski definition) is 8. The molecule has 0 atom stereocenters. The van der Waals surface area contributed by atoms with Crippen molar-refractivity contribution < 1.29 is 39.6 Å². The fourth-order valence-corrected chi connectivity index (χ4v) is 6.06. The molecule has 0 aliphatic heterocycles. The van der Waals surface area contributed by atoms with Crippen LogP contribution in [0.3, 0.4) is 0 Å². The Balaban J connectivity index is -0.000000382. The Kier molecular flexibility index (Phi) is 23.3. The quantitative estimate of drug-likeness (QED) is 0.176. The third kappa shape index (κ3) is 24.3. The molecule has 0 aromatic carbocycles. The van der Waals surface area contributed by atoms with Crippen molar-refractivity contribution in [2.45, 2.75) is 76.1 Å². The number of carbonyl (C=O) groups is 4. The van der Waals surface area contributed by atoms with Crippen LogP contribution in [0.5, 0.6) is 0 Å². The fourth-order valence-electron chi connectivity index (χ4n) is 1.91. The van der Waals surface area contributed by atoms with Gasteiger partial charge in [0.05, 0.1) is 23.9 Å². The monoisotopic (exact) mass is 546 g/mol. The second-order valence-electron chi connectivity index (χ2n) is 7.18. The summed E-state index contributed by atoms with van der Waals surface area (Å²) in [5.74, 6) is -6.72. The van der Waals surface area contributed by atoms with Crippen molar-refractivity contribution in [1.29, 1.82) is 0 Å². The van der Waals surface area contributed by atoms with Gasteiger partial charge in [0, 0.05) is 0 Å². The summed E-state index contributed by atoms with van der Waals surface area (Å²) in [5.41, 5.74) is -0.519. The first-order chi connectivity index (χ1) is 14.3. The SMILES string of the molecule is CC(C)/C(=C/C(=O)[O-])C(=O)[O-].CC(C)/C(=C/C(=O)[O-])C(=O)[O-].CCC[CH2][Sn+4][CH2]CCC. The third-order valence-corrected chi connectivity index (χ3v) is 7.71. The van der Waals surface area contributed by atoms with Crippen molar-refractivity contribution >= 4 is 45.0 Å². The summed E-state index contributed by atoms with van der Waals surface area (Å²) in [4.78, 5) is 40.3. The Labute approximate surface area is 195 Å². The molecule has 0 saturated heterocycles. The second kappa shape index (κ2) is 21.4. The summed E-state index contributed by atoms with van der Waals surface area (Å²) in [6, 6.07) is 0. The molecule has 0 heterocycles. The van der Waals surface area contributed by atoms with Crippen LogP contribution in [0.15, 0.2) is 23.3 Å². The summed E-state index contributed by atoms with van der Waals surface area (Å²) >= 11 is 0.149. The van der Waals surface area contributed by atoms with Crippen LogP contribution in [-0.2, 0) is 19.2 Å². The molecule has 0 fully saturated rings. The summed E-state index contributed by atoms with van der Waals surface area (Å²) in [6.07, 6.45) is 6.92. The van der Waals surface area contributed by atoms with Gasteiger partial charge >= 0.3 is 69.5 Å². The van der Waals surface area contributed by atoms with E-state index in [0.717, 1.165) is 0 Å². The summed E-state index contributed by atoms with van der Waals surface area (Å²) in [7, 11) is 0. The first-order valence-electron chi connectivity index (χ1n) is 10.3. The molecule has 0 N–H and O–H groups in total. The van der Waals surface area contributed by atoms with Gasteiger partial charge < -0.3 is 39.6 Å². The number of rotatable bonds is 12. The number of carbonyl (C=O) groups excluding carboxylic acids is 4. The van der Waals surface area contributed by atoms with Crippen LogP contribution in [0.1, 0.15) is 67.2 Å². The molecule has 0 bridgehead atoms. The Morgan fingerprint density at radius 3 is 1.10 bits per heavy atom. The molecule has 0 unspecified atom stereocenters. The molecule has 0 aliphatic rings. The molecule has 0 aromatic rings. The van der Waals surface area contributed by atoms with E-state index in [9.17, 15) is 39.6 Å². The van der Waals surface area contributed by atoms with Crippen LogP contribution in [0.25, 0.3) is 0 Å². The van der Waals surface area contributed by atoms with Crippen LogP contribution >= 0.6 is 0 Å². The average molecular weight is 545 g/mol. The molecule has 0 aliphatic carbocycles. The van der Waals surface area contributed by atoms with Crippen LogP contribution in [0, 0.1) is 11.8 Å². The molecular formula is C22H34O8Sn. The number of carboxylic acid groups (broad SMARTS) is 4. The molecule has 0 spiro atoms. The Bertz CT molecular complexity index is 555. The summed E-state index contributed by atoms with van der Waals surface area (Å²) in [6.45, 7) is 10.8. The first kappa shape index (κ1) is 33.8. The molecule has 6 radical (unpaired) electrons. The van der Waals surface area contributed by atoms with E-state index < -0.39 is 23.9 Å². The number of unbranched alkanes of at least 4 members (excludes halogenated alkanes) is 2. The summed E-state index contributed by atoms with van der Waals surface area (Å²) < 4.78 is 3.25. The number of hydrogen-bond donors (Lipinski definition) is 0. The van der Waals surface area contributed by atoms with Crippen molar-refractivity contribution in [3.05, 3.63) is 23.3 Å². The zero-order valence-electron chi connectivity index (χ0n) is 19.3. The minimum absolute atomic E-state index is 0.149. The molecular weight excluding hydrogens is 511 g/mol. The molecule has 0 aromatic heterocycles. The van der Waals surface area contributed by atoms with Crippen LogP contribution < -0.4 is 20.4 Å². The van der Waals surface area contributed by atoms with Gasteiger partial charge in [0.25, 0.3) is 0 Å². The van der Waals surface area contributed by atoms with Gasteiger partial charge in [-0.25, -0.2) is 0 Å². The Morgan fingerprint density at radius 1 is 0.677 bits per heavy atom. The Morgan fingerprint density at radius 2 is 0.968 bits per heavy atom. The van der Waals surface area contributed by atoms with Crippen molar-refractivity contribution in [2.75, 3.05) is 0 Å². The van der Waals surface area contributed by atoms with Crippen LogP contribution in [-0.4, -0.2) is 45.0 Å². The number of aliphatic carboxylic acids is 4. The molecule has 8 nitrogen and oxygen atoms in total. The third-order valence-electron chi connectivity index (χ3n) is 3.68. The zero-order valence-corrected chi connectivity index (χ0v) is 22.2. The molecule has 174 valence electrons. The van der Waals surface area contributed by atoms with Gasteiger partial charge in [-0.15, -0.1) is 0 Å². The van der Waals surface area contributed by atoms with Gasteiger partial charge in [-0.3, -0.25) is 0 Å². The van der Waals surface area contributed by atoms with E-state index in [-0.39, 0.29) is 44.1 Å². The van der Waals surface area contributed by atoms with E-state index in [0.29, 0.717) is 12.2 Å². The maximum absolute atomic E-state index is 10.2. The molecule has 0 saturated carbocycles. The fraction of sp³-hybridized carbons (Fsp3) is 0.636. The van der Waals surface area contributed by atoms with Gasteiger partial charge in [0.15, 0.2) is 0 Å².